The second-order valence-electron chi connectivity index (χ2n) is 8.06. The molecule has 2 amide bonds. The number of benzene rings is 2. The lowest BCUT2D eigenvalue weighted by Crippen LogP contribution is -2.39. The van der Waals surface area contributed by atoms with Crippen molar-refractivity contribution < 1.29 is 19.1 Å². The summed E-state index contributed by atoms with van der Waals surface area (Å²) >= 11 is 0. The van der Waals surface area contributed by atoms with Crippen LogP contribution in [0, 0.1) is 5.92 Å². The number of carbonyl (C=O) groups excluding carboxylic acids is 3. The molecule has 0 fully saturated rings. The molecule has 2 N–H and O–H groups in total. The SMILES string of the molecule is C=Cc1ccccc1-c1ccc(OCC(=O)N[C@H](CCC(=O)NC)CC(C)C)c(C=O)c1. The van der Waals surface area contributed by atoms with Gasteiger partial charge < -0.3 is 15.4 Å². The van der Waals surface area contributed by atoms with Gasteiger partial charge in [0.05, 0.1) is 5.56 Å². The summed E-state index contributed by atoms with van der Waals surface area (Å²) in [6.45, 7) is 7.76. The number of amides is 2. The predicted molar refractivity (Wildman–Crippen MR) is 128 cm³/mol. The Labute approximate surface area is 190 Å². The van der Waals surface area contributed by atoms with Gasteiger partial charge in [-0.15, -0.1) is 0 Å². The molecule has 0 saturated heterocycles. The minimum atomic E-state index is -0.287. The number of ether oxygens (including phenoxy) is 1. The summed E-state index contributed by atoms with van der Waals surface area (Å²) in [6, 6.07) is 12.9. The molecule has 0 unspecified atom stereocenters. The molecule has 32 heavy (non-hydrogen) atoms. The van der Waals surface area contributed by atoms with Crippen molar-refractivity contribution in [3.8, 4) is 16.9 Å². The number of hydrogen-bond donors (Lipinski definition) is 2. The van der Waals surface area contributed by atoms with Crippen molar-refractivity contribution in [2.45, 2.75) is 39.2 Å². The van der Waals surface area contributed by atoms with E-state index in [-0.39, 0.29) is 24.5 Å². The van der Waals surface area contributed by atoms with Crippen molar-refractivity contribution in [1.29, 1.82) is 0 Å². The van der Waals surface area contributed by atoms with Crippen LogP contribution in [0.5, 0.6) is 5.75 Å². The largest absolute Gasteiger partial charge is 0.483 e. The van der Waals surface area contributed by atoms with E-state index < -0.39 is 0 Å². The molecule has 0 saturated carbocycles. The number of nitrogens with one attached hydrogen (secondary N) is 2. The first-order chi connectivity index (χ1) is 15.4. The maximum absolute atomic E-state index is 12.5. The third kappa shape index (κ3) is 7.38. The van der Waals surface area contributed by atoms with Crippen LogP contribution in [-0.4, -0.2) is 37.8 Å². The Hall–Kier alpha value is -3.41. The fourth-order valence-corrected chi connectivity index (χ4v) is 3.54. The average Bonchev–Trinajstić information content (AvgIpc) is 2.80. The molecule has 6 nitrogen and oxygen atoms in total. The van der Waals surface area contributed by atoms with E-state index in [1.807, 2.05) is 30.3 Å². The van der Waals surface area contributed by atoms with Crippen LogP contribution < -0.4 is 15.4 Å². The zero-order valence-electron chi connectivity index (χ0n) is 19.0. The molecular weight excluding hydrogens is 404 g/mol. The highest BCUT2D eigenvalue weighted by atomic mass is 16.5. The molecule has 2 aromatic carbocycles. The van der Waals surface area contributed by atoms with E-state index in [1.54, 1.807) is 25.3 Å². The maximum atomic E-state index is 12.5. The molecule has 0 aliphatic carbocycles. The first kappa shape index (κ1) is 24.9. The predicted octanol–water partition coefficient (Wildman–Crippen LogP) is 4.25. The molecule has 170 valence electrons. The highest BCUT2D eigenvalue weighted by Crippen LogP contribution is 2.29. The second-order valence-corrected chi connectivity index (χ2v) is 8.06. The van der Waals surface area contributed by atoms with Gasteiger partial charge in [-0.2, -0.15) is 0 Å². The van der Waals surface area contributed by atoms with Gasteiger partial charge in [0, 0.05) is 19.5 Å². The molecule has 0 aliphatic rings. The normalized spacial score (nSPS) is 11.5. The van der Waals surface area contributed by atoms with Crippen LogP contribution in [0.25, 0.3) is 17.2 Å². The molecule has 0 bridgehead atoms. The molecule has 0 radical (unpaired) electrons. The quantitative estimate of drug-likeness (QED) is 0.487. The van der Waals surface area contributed by atoms with Crippen LogP contribution in [0.2, 0.25) is 0 Å². The molecule has 1 atom stereocenters. The minimum Gasteiger partial charge on any atom is -0.483 e. The van der Waals surface area contributed by atoms with Crippen LogP contribution in [0.4, 0.5) is 0 Å². The van der Waals surface area contributed by atoms with E-state index in [1.165, 1.54) is 0 Å². The Morgan fingerprint density at radius 3 is 2.50 bits per heavy atom. The van der Waals surface area contributed by atoms with E-state index in [2.05, 4.69) is 31.1 Å². The van der Waals surface area contributed by atoms with Crippen molar-refractivity contribution in [2.75, 3.05) is 13.7 Å². The van der Waals surface area contributed by atoms with E-state index in [0.29, 0.717) is 30.1 Å². The van der Waals surface area contributed by atoms with Crippen molar-refractivity contribution in [2.24, 2.45) is 5.92 Å². The standard InChI is InChI=1S/C26H32N2O4/c1-5-19-8-6-7-9-23(19)20-10-12-24(21(15-20)16-29)32-17-26(31)28-22(14-18(2)3)11-13-25(30)27-4/h5-10,12,15-16,18,22H,1,11,13-14,17H2,2-4H3,(H,27,30)(H,28,31)/t22-/m1/s1. The molecule has 0 aromatic heterocycles. The third-order valence-corrected chi connectivity index (χ3v) is 5.11. The van der Waals surface area contributed by atoms with E-state index in [9.17, 15) is 14.4 Å². The molecule has 6 heteroatoms. The molecule has 0 aliphatic heterocycles. The highest BCUT2D eigenvalue weighted by Gasteiger charge is 2.17. The number of rotatable bonds is 12. The fraction of sp³-hybridized carbons (Fsp3) is 0.346. The number of hydrogen-bond acceptors (Lipinski definition) is 4. The van der Waals surface area contributed by atoms with Crippen LogP contribution in [0.15, 0.2) is 49.0 Å². The monoisotopic (exact) mass is 436 g/mol. The van der Waals surface area contributed by atoms with Gasteiger partial charge in [0.2, 0.25) is 5.91 Å². The van der Waals surface area contributed by atoms with Gasteiger partial charge >= 0.3 is 0 Å². The highest BCUT2D eigenvalue weighted by molar-refractivity contribution is 5.85. The van der Waals surface area contributed by atoms with Gasteiger partial charge in [0.1, 0.15) is 5.75 Å². The van der Waals surface area contributed by atoms with Crippen LogP contribution in [0.3, 0.4) is 0 Å². The summed E-state index contributed by atoms with van der Waals surface area (Å²) < 4.78 is 5.65. The van der Waals surface area contributed by atoms with Gasteiger partial charge in [0.15, 0.2) is 12.9 Å². The Balaban J connectivity index is 2.05. The first-order valence-electron chi connectivity index (χ1n) is 10.8. The van der Waals surface area contributed by atoms with Gasteiger partial charge in [-0.3, -0.25) is 14.4 Å². The Kier molecular flexibility index (Phi) is 9.67. The zero-order chi connectivity index (χ0) is 23.5. The third-order valence-electron chi connectivity index (χ3n) is 5.11. The lowest BCUT2D eigenvalue weighted by Gasteiger charge is -2.20. The Morgan fingerprint density at radius 2 is 1.84 bits per heavy atom. The number of aldehydes is 1. The summed E-state index contributed by atoms with van der Waals surface area (Å²) in [7, 11) is 1.60. The molecule has 2 aromatic rings. The van der Waals surface area contributed by atoms with Crippen LogP contribution in [-0.2, 0) is 9.59 Å². The molecule has 0 spiro atoms. The van der Waals surface area contributed by atoms with E-state index in [0.717, 1.165) is 29.4 Å². The maximum Gasteiger partial charge on any atom is 0.258 e. The minimum absolute atomic E-state index is 0.0574. The average molecular weight is 437 g/mol. The number of carbonyl (C=O) groups is 3. The molecular formula is C26H32N2O4. The molecule has 2 rings (SSSR count). The van der Waals surface area contributed by atoms with Crippen molar-refractivity contribution in [3.63, 3.8) is 0 Å². The van der Waals surface area contributed by atoms with Gasteiger partial charge in [-0.05, 0) is 47.6 Å². The summed E-state index contributed by atoms with van der Waals surface area (Å²) in [5, 5.41) is 5.54. The van der Waals surface area contributed by atoms with Gasteiger partial charge in [-0.1, -0.05) is 56.8 Å². The Bertz CT molecular complexity index is 953. The summed E-state index contributed by atoms with van der Waals surface area (Å²) in [4.78, 5) is 35.7. The lowest BCUT2D eigenvalue weighted by molar-refractivity contribution is -0.125. The smallest absolute Gasteiger partial charge is 0.258 e. The first-order valence-corrected chi connectivity index (χ1v) is 10.8. The summed E-state index contributed by atoms with van der Waals surface area (Å²) in [6.07, 6.45) is 4.15. The Morgan fingerprint density at radius 1 is 1.09 bits per heavy atom. The lowest BCUT2D eigenvalue weighted by atomic mass is 9.98. The van der Waals surface area contributed by atoms with Crippen LogP contribution >= 0.6 is 0 Å². The summed E-state index contributed by atoms with van der Waals surface area (Å²) in [5.74, 6) is 0.378. The second kappa shape index (κ2) is 12.4. The van der Waals surface area contributed by atoms with Crippen LogP contribution in [0.1, 0.15) is 49.0 Å². The molecule has 0 heterocycles. The topological polar surface area (TPSA) is 84.5 Å². The summed E-state index contributed by atoms with van der Waals surface area (Å²) in [5.41, 5.74) is 3.16. The van der Waals surface area contributed by atoms with E-state index in [4.69, 9.17) is 4.74 Å². The van der Waals surface area contributed by atoms with Crippen molar-refractivity contribution in [1.82, 2.24) is 10.6 Å². The zero-order valence-corrected chi connectivity index (χ0v) is 19.0. The fourth-order valence-electron chi connectivity index (χ4n) is 3.54. The van der Waals surface area contributed by atoms with Gasteiger partial charge in [-0.25, -0.2) is 0 Å². The van der Waals surface area contributed by atoms with E-state index >= 15 is 0 Å². The van der Waals surface area contributed by atoms with Crippen molar-refractivity contribution in [3.05, 3.63) is 60.2 Å². The van der Waals surface area contributed by atoms with Gasteiger partial charge in [0.25, 0.3) is 5.91 Å². The van der Waals surface area contributed by atoms with Crippen molar-refractivity contribution >= 4 is 24.2 Å².